The smallest absolute Gasteiger partial charge is 0.136 e. The fourth-order valence-electron chi connectivity index (χ4n) is 2.25. The first-order valence-corrected chi connectivity index (χ1v) is 7.17. The Bertz CT molecular complexity index is 619. The van der Waals surface area contributed by atoms with Crippen LogP contribution >= 0.6 is 0 Å². The number of aryl methyl sites for hydroxylation is 1. The second kappa shape index (κ2) is 6.85. The first-order valence-electron chi connectivity index (χ1n) is 7.17. The number of hydrogen-bond donors (Lipinski definition) is 2. The fourth-order valence-corrected chi connectivity index (χ4v) is 2.25. The molecular weight excluding hydrogens is 282 g/mol. The molecule has 2 N–H and O–H groups in total. The normalized spacial score (nSPS) is 13.7. The summed E-state index contributed by atoms with van der Waals surface area (Å²) in [5, 5.41) is 13.7. The lowest BCUT2D eigenvalue weighted by molar-refractivity contribution is 0.0332. The van der Waals surface area contributed by atoms with Crippen molar-refractivity contribution in [2.45, 2.75) is 26.0 Å². The van der Waals surface area contributed by atoms with Gasteiger partial charge in [-0.1, -0.05) is 6.07 Å². The Labute approximate surface area is 130 Å². The van der Waals surface area contributed by atoms with Gasteiger partial charge in [0, 0.05) is 24.7 Å². The van der Waals surface area contributed by atoms with Crippen LogP contribution in [0.4, 0.5) is 0 Å². The van der Waals surface area contributed by atoms with E-state index < -0.39 is 5.60 Å². The summed E-state index contributed by atoms with van der Waals surface area (Å²) < 4.78 is 16.0. The van der Waals surface area contributed by atoms with Gasteiger partial charge in [-0.2, -0.15) is 0 Å². The molecule has 5 heteroatoms. The minimum atomic E-state index is -1.06. The third-order valence-corrected chi connectivity index (χ3v) is 3.55. The van der Waals surface area contributed by atoms with Gasteiger partial charge in [0.05, 0.1) is 14.2 Å². The van der Waals surface area contributed by atoms with Crippen LogP contribution in [-0.2, 0) is 12.1 Å². The molecule has 22 heavy (non-hydrogen) atoms. The van der Waals surface area contributed by atoms with E-state index in [1.165, 1.54) is 0 Å². The van der Waals surface area contributed by atoms with Crippen LogP contribution in [0.15, 0.2) is 34.7 Å². The van der Waals surface area contributed by atoms with Crippen molar-refractivity contribution in [3.05, 3.63) is 47.4 Å². The van der Waals surface area contributed by atoms with Crippen molar-refractivity contribution < 1.29 is 19.0 Å². The van der Waals surface area contributed by atoms with Crippen LogP contribution in [0.1, 0.15) is 24.0 Å². The molecule has 1 atom stereocenters. The Kier molecular flexibility index (Phi) is 5.11. The highest BCUT2D eigenvalue weighted by Crippen LogP contribution is 2.25. The molecule has 0 radical (unpaired) electrons. The van der Waals surface area contributed by atoms with Gasteiger partial charge in [0.15, 0.2) is 0 Å². The lowest BCUT2D eigenvalue weighted by Crippen LogP contribution is -2.34. The number of benzene rings is 1. The number of aliphatic hydroxyl groups is 1. The maximum atomic E-state index is 10.5. The highest BCUT2D eigenvalue weighted by atomic mass is 16.5. The number of ether oxygens (including phenoxy) is 2. The summed E-state index contributed by atoms with van der Waals surface area (Å²) in [4.78, 5) is 0. The maximum Gasteiger partial charge on any atom is 0.136 e. The van der Waals surface area contributed by atoms with Crippen molar-refractivity contribution in [3.8, 4) is 11.5 Å². The Balaban J connectivity index is 1.98. The third-order valence-electron chi connectivity index (χ3n) is 3.55. The Morgan fingerprint density at radius 1 is 1.18 bits per heavy atom. The second-order valence-electron chi connectivity index (χ2n) is 5.47. The molecule has 0 aliphatic heterocycles. The molecule has 5 nitrogen and oxygen atoms in total. The Morgan fingerprint density at radius 2 is 1.95 bits per heavy atom. The topological polar surface area (TPSA) is 63.9 Å². The molecule has 0 fully saturated rings. The van der Waals surface area contributed by atoms with E-state index >= 15 is 0 Å². The van der Waals surface area contributed by atoms with E-state index in [1.807, 2.05) is 31.2 Å². The van der Waals surface area contributed by atoms with Crippen molar-refractivity contribution in [2.75, 3.05) is 20.8 Å². The predicted octanol–water partition coefficient (Wildman–Crippen LogP) is 2.60. The monoisotopic (exact) mass is 305 g/mol. The Hall–Kier alpha value is -1.98. The number of methoxy groups -OCH3 is 2. The molecule has 0 aliphatic rings. The van der Waals surface area contributed by atoms with Crippen molar-refractivity contribution in [1.82, 2.24) is 5.32 Å². The number of nitrogens with one attached hydrogen (secondary N) is 1. The lowest BCUT2D eigenvalue weighted by atomic mass is 10.0. The number of hydrogen-bond acceptors (Lipinski definition) is 5. The van der Waals surface area contributed by atoms with E-state index in [2.05, 4.69) is 5.32 Å². The molecular formula is C17H23NO4. The van der Waals surface area contributed by atoms with Gasteiger partial charge in [0.25, 0.3) is 0 Å². The summed E-state index contributed by atoms with van der Waals surface area (Å²) in [6, 6.07) is 9.30. The first kappa shape index (κ1) is 16.4. The van der Waals surface area contributed by atoms with E-state index in [9.17, 15) is 5.11 Å². The molecule has 0 saturated carbocycles. The lowest BCUT2D eigenvalue weighted by Gasteiger charge is -2.21. The van der Waals surface area contributed by atoms with Gasteiger partial charge in [-0.05, 0) is 32.0 Å². The van der Waals surface area contributed by atoms with Crippen LogP contribution < -0.4 is 14.8 Å². The van der Waals surface area contributed by atoms with E-state index in [-0.39, 0.29) is 0 Å². The Morgan fingerprint density at radius 3 is 2.55 bits per heavy atom. The molecule has 1 unspecified atom stereocenters. The van der Waals surface area contributed by atoms with Crippen molar-refractivity contribution in [3.63, 3.8) is 0 Å². The molecule has 1 heterocycles. The van der Waals surface area contributed by atoms with E-state index in [1.54, 1.807) is 27.2 Å². The zero-order valence-corrected chi connectivity index (χ0v) is 13.5. The highest BCUT2D eigenvalue weighted by Gasteiger charge is 2.26. The van der Waals surface area contributed by atoms with Gasteiger partial charge in [0.2, 0.25) is 0 Å². The number of rotatable bonds is 7. The molecule has 0 saturated heterocycles. The first-order chi connectivity index (χ1) is 10.5. The third kappa shape index (κ3) is 3.81. The summed E-state index contributed by atoms with van der Waals surface area (Å²) in [5.41, 5.74) is -0.0664. The second-order valence-corrected chi connectivity index (χ2v) is 5.47. The van der Waals surface area contributed by atoms with Crippen molar-refractivity contribution >= 4 is 0 Å². The molecule has 0 spiro atoms. The summed E-state index contributed by atoms with van der Waals surface area (Å²) >= 11 is 0. The average molecular weight is 305 g/mol. The maximum absolute atomic E-state index is 10.5. The minimum absolute atomic E-state index is 0.370. The SMILES string of the molecule is COc1ccc(CNCC(C)(O)c2ccc(C)o2)c(OC)c1. The van der Waals surface area contributed by atoms with Crippen LogP contribution in [0.25, 0.3) is 0 Å². The van der Waals surface area contributed by atoms with E-state index in [4.69, 9.17) is 13.9 Å². The predicted molar refractivity (Wildman–Crippen MR) is 84.3 cm³/mol. The van der Waals surface area contributed by atoms with Crippen LogP contribution in [0.2, 0.25) is 0 Å². The molecule has 2 rings (SSSR count). The van der Waals surface area contributed by atoms with Crippen LogP contribution in [0.5, 0.6) is 11.5 Å². The standard InChI is InChI=1S/C17H23NO4/c1-12-5-8-16(22-12)17(2,19)11-18-10-13-6-7-14(20-3)9-15(13)21-4/h5-9,18-19H,10-11H2,1-4H3. The van der Waals surface area contributed by atoms with Gasteiger partial charge < -0.3 is 24.3 Å². The van der Waals surface area contributed by atoms with E-state index in [0.717, 1.165) is 22.8 Å². The van der Waals surface area contributed by atoms with Gasteiger partial charge in [0.1, 0.15) is 28.6 Å². The molecule has 0 aliphatic carbocycles. The quantitative estimate of drug-likeness (QED) is 0.823. The molecule has 1 aromatic heterocycles. The zero-order valence-electron chi connectivity index (χ0n) is 13.5. The minimum Gasteiger partial charge on any atom is -0.497 e. The van der Waals surface area contributed by atoms with Gasteiger partial charge in [-0.25, -0.2) is 0 Å². The highest BCUT2D eigenvalue weighted by molar-refractivity contribution is 5.40. The fraction of sp³-hybridized carbons (Fsp3) is 0.412. The number of furan rings is 1. The molecule has 0 amide bonds. The van der Waals surface area contributed by atoms with Crippen molar-refractivity contribution in [2.24, 2.45) is 0 Å². The zero-order chi connectivity index (χ0) is 16.2. The summed E-state index contributed by atoms with van der Waals surface area (Å²) in [6.07, 6.45) is 0. The van der Waals surface area contributed by atoms with E-state index in [0.29, 0.717) is 18.8 Å². The van der Waals surface area contributed by atoms with Crippen LogP contribution in [0, 0.1) is 6.92 Å². The molecule has 2 aromatic rings. The molecule has 1 aromatic carbocycles. The van der Waals surface area contributed by atoms with Gasteiger partial charge in [-0.15, -0.1) is 0 Å². The summed E-state index contributed by atoms with van der Waals surface area (Å²) in [5.74, 6) is 2.84. The molecule has 0 bridgehead atoms. The van der Waals surface area contributed by atoms with Gasteiger partial charge in [-0.3, -0.25) is 0 Å². The van der Waals surface area contributed by atoms with Gasteiger partial charge >= 0.3 is 0 Å². The largest absolute Gasteiger partial charge is 0.497 e. The average Bonchev–Trinajstić information content (AvgIpc) is 2.95. The molecule has 120 valence electrons. The van der Waals surface area contributed by atoms with Crippen molar-refractivity contribution in [1.29, 1.82) is 0 Å². The van der Waals surface area contributed by atoms with Crippen LogP contribution in [0.3, 0.4) is 0 Å². The van der Waals surface area contributed by atoms with Crippen LogP contribution in [-0.4, -0.2) is 25.9 Å². The summed E-state index contributed by atoms with van der Waals surface area (Å²) in [7, 11) is 3.25. The summed E-state index contributed by atoms with van der Waals surface area (Å²) in [6.45, 7) is 4.52.